The van der Waals surface area contributed by atoms with Crippen LogP contribution in [0.15, 0.2) is 0 Å². The smallest absolute Gasteiger partial charge is 0.189 e. The van der Waals surface area contributed by atoms with Crippen molar-refractivity contribution in [2.75, 3.05) is 33.0 Å². The lowest BCUT2D eigenvalue weighted by atomic mass is 10.2. The molecule has 1 aliphatic rings. The van der Waals surface area contributed by atoms with E-state index in [0.29, 0.717) is 26.4 Å². The van der Waals surface area contributed by atoms with Crippen molar-refractivity contribution in [3.63, 3.8) is 0 Å². The highest BCUT2D eigenvalue weighted by atomic mass is 16.6. The lowest BCUT2D eigenvalue weighted by Gasteiger charge is -2.21. The molecule has 0 aromatic heterocycles. The summed E-state index contributed by atoms with van der Waals surface area (Å²) >= 11 is 0. The van der Waals surface area contributed by atoms with Gasteiger partial charge in [0.25, 0.3) is 0 Å². The molecule has 1 heterocycles. The highest BCUT2D eigenvalue weighted by Crippen LogP contribution is 2.02. The molecule has 1 rings (SSSR count). The van der Waals surface area contributed by atoms with E-state index in [1.165, 1.54) is 0 Å². The van der Waals surface area contributed by atoms with Gasteiger partial charge in [-0.15, -0.1) is 0 Å². The quantitative estimate of drug-likeness (QED) is 0.586. The molecule has 1 saturated heterocycles. The van der Waals surface area contributed by atoms with Crippen LogP contribution in [0.4, 0.5) is 0 Å². The van der Waals surface area contributed by atoms with Crippen molar-refractivity contribution in [2.24, 2.45) is 0 Å². The molecule has 0 spiro atoms. The monoisotopic (exact) mass is 188 g/mol. The maximum atomic E-state index is 11.3. The molecule has 0 saturated carbocycles. The molecular weight excluding hydrogens is 172 g/mol. The van der Waals surface area contributed by atoms with Gasteiger partial charge >= 0.3 is 0 Å². The zero-order chi connectivity index (χ0) is 9.52. The van der Waals surface area contributed by atoms with Crippen molar-refractivity contribution in [2.45, 2.75) is 19.4 Å². The summed E-state index contributed by atoms with van der Waals surface area (Å²) in [5.41, 5.74) is 0. The van der Waals surface area contributed by atoms with E-state index in [2.05, 4.69) is 0 Å². The SMILES string of the molecule is CCCOCC(=O)C1COCCO1. The maximum absolute atomic E-state index is 11.3. The third kappa shape index (κ3) is 3.85. The van der Waals surface area contributed by atoms with Crippen LogP contribution < -0.4 is 0 Å². The van der Waals surface area contributed by atoms with Gasteiger partial charge in [0.2, 0.25) is 0 Å². The minimum atomic E-state index is -0.411. The Balaban J connectivity index is 2.13. The second-order valence-corrected chi connectivity index (χ2v) is 2.95. The Hall–Kier alpha value is -0.450. The number of carbonyl (C=O) groups is 1. The summed E-state index contributed by atoms with van der Waals surface area (Å²) < 4.78 is 15.4. The van der Waals surface area contributed by atoms with E-state index < -0.39 is 6.10 Å². The average molecular weight is 188 g/mol. The van der Waals surface area contributed by atoms with Crippen LogP contribution in [0.1, 0.15) is 13.3 Å². The molecule has 0 N–H and O–H groups in total. The van der Waals surface area contributed by atoms with E-state index >= 15 is 0 Å². The van der Waals surface area contributed by atoms with Gasteiger partial charge in [-0.1, -0.05) is 6.92 Å². The van der Waals surface area contributed by atoms with Crippen LogP contribution in [0.25, 0.3) is 0 Å². The minimum absolute atomic E-state index is 0.0202. The fourth-order valence-electron chi connectivity index (χ4n) is 1.08. The number of ether oxygens (including phenoxy) is 3. The summed E-state index contributed by atoms with van der Waals surface area (Å²) in [5, 5.41) is 0. The molecule has 1 fully saturated rings. The Kier molecular flexibility index (Phi) is 4.97. The third-order valence-corrected chi connectivity index (χ3v) is 1.77. The number of carbonyl (C=O) groups excluding carboxylic acids is 1. The molecule has 0 aromatic carbocycles. The van der Waals surface area contributed by atoms with Crippen LogP contribution in [-0.2, 0) is 19.0 Å². The molecule has 76 valence electrons. The number of rotatable bonds is 5. The second kappa shape index (κ2) is 6.07. The first-order valence-electron chi connectivity index (χ1n) is 4.64. The molecule has 1 unspecified atom stereocenters. The van der Waals surface area contributed by atoms with Crippen LogP contribution >= 0.6 is 0 Å². The van der Waals surface area contributed by atoms with E-state index in [4.69, 9.17) is 14.2 Å². The van der Waals surface area contributed by atoms with Crippen molar-refractivity contribution < 1.29 is 19.0 Å². The summed E-state index contributed by atoms with van der Waals surface area (Å²) in [4.78, 5) is 11.3. The van der Waals surface area contributed by atoms with Gasteiger partial charge in [-0.2, -0.15) is 0 Å². The van der Waals surface area contributed by atoms with Gasteiger partial charge in [0.05, 0.1) is 19.8 Å². The van der Waals surface area contributed by atoms with Crippen molar-refractivity contribution in [1.82, 2.24) is 0 Å². The van der Waals surface area contributed by atoms with Crippen LogP contribution in [0.5, 0.6) is 0 Å². The first-order chi connectivity index (χ1) is 6.34. The Morgan fingerprint density at radius 1 is 1.54 bits per heavy atom. The number of ketones is 1. The predicted molar refractivity (Wildman–Crippen MR) is 46.7 cm³/mol. The number of Topliss-reactive ketones (excluding diaryl/α,β-unsaturated/α-hetero) is 1. The minimum Gasteiger partial charge on any atom is -0.376 e. The number of hydrogen-bond acceptors (Lipinski definition) is 4. The Morgan fingerprint density at radius 2 is 2.38 bits per heavy atom. The van der Waals surface area contributed by atoms with Gasteiger partial charge < -0.3 is 14.2 Å². The van der Waals surface area contributed by atoms with Gasteiger partial charge in [-0.25, -0.2) is 0 Å². The van der Waals surface area contributed by atoms with E-state index in [1.54, 1.807) is 0 Å². The van der Waals surface area contributed by atoms with Gasteiger partial charge in [0.1, 0.15) is 12.7 Å². The van der Waals surface area contributed by atoms with Crippen molar-refractivity contribution in [1.29, 1.82) is 0 Å². The molecule has 13 heavy (non-hydrogen) atoms. The summed E-state index contributed by atoms with van der Waals surface area (Å²) in [5.74, 6) is -0.0202. The van der Waals surface area contributed by atoms with Crippen LogP contribution in [0.3, 0.4) is 0 Å². The molecule has 1 atom stereocenters. The molecule has 0 bridgehead atoms. The molecule has 4 nitrogen and oxygen atoms in total. The zero-order valence-corrected chi connectivity index (χ0v) is 7.95. The molecular formula is C9H16O4. The molecule has 0 aliphatic carbocycles. The summed E-state index contributed by atoms with van der Waals surface area (Å²) in [6.07, 6.45) is 0.514. The van der Waals surface area contributed by atoms with E-state index in [0.717, 1.165) is 6.42 Å². The Labute approximate surface area is 78.2 Å². The summed E-state index contributed by atoms with van der Waals surface area (Å²) in [6.45, 7) is 4.23. The molecule has 1 aliphatic heterocycles. The van der Waals surface area contributed by atoms with E-state index in [1.807, 2.05) is 6.92 Å². The average Bonchev–Trinajstić information content (AvgIpc) is 2.19. The Morgan fingerprint density at radius 3 is 3.00 bits per heavy atom. The largest absolute Gasteiger partial charge is 0.376 e. The maximum Gasteiger partial charge on any atom is 0.189 e. The van der Waals surface area contributed by atoms with Crippen LogP contribution in [0, 0.1) is 0 Å². The van der Waals surface area contributed by atoms with Crippen molar-refractivity contribution in [3.05, 3.63) is 0 Å². The molecule has 0 radical (unpaired) electrons. The lowest BCUT2D eigenvalue weighted by molar-refractivity contribution is -0.149. The molecule has 0 amide bonds. The summed E-state index contributed by atoms with van der Waals surface area (Å²) in [6, 6.07) is 0. The molecule has 0 aromatic rings. The Bertz CT molecular complexity index is 152. The predicted octanol–water partition coefficient (Wildman–Crippen LogP) is 0.397. The van der Waals surface area contributed by atoms with Gasteiger partial charge in [0.15, 0.2) is 5.78 Å². The number of hydrogen-bond donors (Lipinski definition) is 0. The van der Waals surface area contributed by atoms with Crippen molar-refractivity contribution in [3.8, 4) is 0 Å². The zero-order valence-electron chi connectivity index (χ0n) is 7.95. The standard InChI is InChI=1S/C9H16O4/c1-2-3-11-6-8(10)9-7-12-4-5-13-9/h9H,2-7H2,1H3. The van der Waals surface area contributed by atoms with Gasteiger partial charge in [0, 0.05) is 6.61 Å². The third-order valence-electron chi connectivity index (χ3n) is 1.77. The van der Waals surface area contributed by atoms with Crippen molar-refractivity contribution >= 4 is 5.78 Å². The van der Waals surface area contributed by atoms with Crippen LogP contribution in [0.2, 0.25) is 0 Å². The van der Waals surface area contributed by atoms with Crippen LogP contribution in [-0.4, -0.2) is 44.9 Å². The fourth-order valence-corrected chi connectivity index (χ4v) is 1.08. The lowest BCUT2D eigenvalue weighted by Crippen LogP contribution is -2.37. The van der Waals surface area contributed by atoms with E-state index in [-0.39, 0.29) is 12.4 Å². The fraction of sp³-hybridized carbons (Fsp3) is 0.889. The molecule has 4 heteroatoms. The normalized spacial score (nSPS) is 23.0. The first kappa shape index (κ1) is 10.6. The topological polar surface area (TPSA) is 44.8 Å². The first-order valence-corrected chi connectivity index (χ1v) is 4.64. The van der Waals surface area contributed by atoms with E-state index in [9.17, 15) is 4.79 Å². The van der Waals surface area contributed by atoms with Gasteiger partial charge in [-0.05, 0) is 6.42 Å². The summed E-state index contributed by atoms with van der Waals surface area (Å²) in [7, 11) is 0. The van der Waals surface area contributed by atoms with Gasteiger partial charge in [-0.3, -0.25) is 4.79 Å². The second-order valence-electron chi connectivity index (χ2n) is 2.95. The highest BCUT2D eigenvalue weighted by molar-refractivity contribution is 5.84. The highest BCUT2D eigenvalue weighted by Gasteiger charge is 2.22.